The number of alkyl carbamates (subject to hydrolysis) is 1. The predicted molar refractivity (Wildman–Crippen MR) is 98.0 cm³/mol. The number of aliphatic hydroxyl groups is 2. The van der Waals surface area contributed by atoms with Crippen LogP contribution in [0.4, 0.5) is 9.18 Å². The molecule has 2 unspecified atom stereocenters. The number of benzene rings is 2. The Balaban J connectivity index is 1.83. The molecule has 0 heterocycles. The second-order valence-electron chi connectivity index (χ2n) is 6.02. The Kier molecular flexibility index (Phi) is 7.91. The minimum absolute atomic E-state index is 0.00413. The molecule has 2 atom stereocenters. The number of aliphatic hydroxyl groups excluding tert-OH is 2. The fourth-order valence-corrected chi connectivity index (χ4v) is 2.48. The number of hydrogen-bond donors (Lipinski definition) is 3. The highest BCUT2D eigenvalue weighted by atomic mass is 19.1. The lowest BCUT2D eigenvalue weighted by Crippen LogP contribution is -2.30. The number of methoxy groups -OCH3 is 1. The summed E-state index contributed by atoms with van der Waals surface area (Å²) in [6.07, 6.45) is -3.67. The van der Waals surface area contributed by atoms with Gasteiger partial charge in [0.25, 0.3) is 0 Å². The van der Waals surface area contributed by atoms with Crippen LogP contribution in [0.1, 0.15) is 34.0 Å². The van der Waals surface area contributed by atoms with E-state index in [1.165, 1.54) is 13.2 Å². The van der Waals surface area contributed by atoms with Gasteiger partial charge in [-0.05, 0) is 30.2 Å². The van der Waals surface area contributed by atoms with Gasteiger partial charge in [-0.2, -0.15) is 0 Å². The van der Waals surface area contributed by atoms with E-state index in [-0.39, 0.29) is 30.7 Å². The monoisotopic (exact) mass is 391 g/mol. The summed E-state index contributed by atoms with van der Waals surface area (Å²) >= 11 is 0. The Morgan fingerprint density at radius 2 is 1.86 bits per heavy atom. The van der Waals surface area contributed by atoms with Crippen molar-refractivity contribution in [2.75, 3.05) is 13.7 Å². The van der Waals surface area contributed by atoms with E-state index in [1.807, 2.05) is 30.3 Å². The lowest BCUT2D eigenvalue weighted by molar-refractivity contribution is 0.0115. The molecule has 0 aliphatic rings. The van der Waals surface area contributed by atoms with Crippen molar-refractivity contribution in [3.8, 4) is 0 Å². The maximum Gasteiger partial charge on any atom is 0.407 e. The first-order valence-corrected chi connectivity index (χ1v) is 8.60. The molecule has 0 spiro atoms. The van der Waals surface area contributed by atoms with Crippen LogP contribution in [0, 0.1) is 5.82 Å². The normalized spacial score (nSPS) is 12.7. The van der Waals surface area contributed by atoms with E-state index in [0.717, 1.165) is 17.7 Å². The number of esters is 1. The van der Waals surface area contributed by atoms with Gasteiger partial charge in [0, 0.05) is 12.1 Å². The molecule has 0 saturated carbocycles. The third-order valence-corrected chi connectivity index (χ3v) is 4.02. The maximum atomic E-state index is 13.9. The van der Waals surface area contributed by atoms with Crippen molar-refractivity contribution in [2.24, 2.45) is 0 Å². The molecule has 0 aromatic heterocycles. The Bertz CT molecular complexity index is 799. The molecule has 28 heavy (non-hydrogen) atoms. The van der Waals surface area contributed by atoms with E-state index in [2.05, 4.69) is 10.1 Å². The number of carbonyl (C=O) groups excluding carboxylic acids is 2. The van der Waals surface area contributed by atoms with Gasteiger partial charge in [0.2, 0.25) is 0 Å². The highest BCUT2D eigenvalue weighted by Gasteiger charge is 2.23. The van der Waals surface area contributed by atoms with Gasteiger partial charge in [-0.25, -0.2) is 14.0 Å². The summed E-state index contributed by atoms with van der Waals surface area (Å²) in [5, 5.41) is 22.7. The third-order valence-electron chi connectivity index (χ3n) is 4.02. The Morgan fingerprint density at radius 3 is 2.54 bits per heavy atom. The molecule has 0 radical (unpaired) electrons. The van der Waals surface area contributed by atoms with Crippen molar-refractivity contribution in [1.82, 2.24) is 5.32 Å². The van der Waals surface area contributed by atoms with E-state index in [1.54, 1.807) is 0 Å². The number of rotatable bonds is 8. The van der Waals surface area contributed by atoms with Crippen molar-refractivity contribution in [2.45, 2.75) is 25.2 Å². The minimum Gasteiger partial charge on any atom is -0.465 e. The van der Waals surface area contributed by atoms with Gasteiger partial charge in [-0.3, -0.25) is 0 Å². The van der Waals surface area contributed by atoms with Gasteiger partial charge >= 0.3 is 12.1 Å². The van der Waals surface area contributed by atoms with Crippen molar-refractivity contribution in [1.29, 1.82) is 0 Å². The van der Waals surface area contributed by atoms with Crippen molar-refractivity contribution < 1.29 is 33.7 Å². The quantitative estimate of drug-likeness (QED) is 0.597. The number of amides is 1. The van der Waals surface area contributed by atoms with Crippen molar-refractivity contribution in [3.05, 3.63) is 71.0 Å². The highest BCUT2D eigenvalue weighted by Crippen LogP contribution is 2.23. The highest BCUT2D eigenvalue weighted by molar-refractivity contribution is 5.89. The molecule has 8 heteroatoms. The van der Waals surface area contributed by atoms with E-state index in [4.69, 9.17) is 4.74 Å². The topological polar surface area (TPSA) is 105 Å². The molecular formula is C20H22FNO6. The zero-order valence-electron chi connectivity index (χ0n) is 15.3. The number of hydrogen-bond acceptors (Lipinski definition) is 6. The third kappa shape index (κ3) is 6.04. The SMILES string of the molecule is COC(=O)c1ccc(F)c(C(O)C(O)CCNC(=O)OCc2ccccc2)c1. The average Bonchev–Trinajstić information content (AvgIpc) is 2.72. The smallest absolute Gasteiger partial charge is 0.407 e. The number of carbonyl (C=O) groups is 2. The zero-order chi connectivity index (χ0) is 20.5. The summed E-state index contributed by atoms with van der Waals surface area (Å²) < 4.78 is 23.5. The fourth-order valence-electron chi connectivity index (χ4n) is 2.48. The Morgan fingerprint density at radius 1 is 1.14 bits per heavy atom. The molecule has 0 saturated heterocycles. The van der Waals surface area contributed by atoms with Crippen LogP contribution in [0.5, 0.6) is 0 Å². The molecule has 0 aliphatic heterocycles. The summed E-state index contributed by atoms with van der Waals surface area (Å²) in [5.41, 5.74) is 0.642. The van der Waals surface area contributed by atoms with Crippen LogP contribution in [0.2, 0.25) is 0 Å². The first-order valence-electron chi connectivity index (χ1n) is 8.60. The summed E-state index contributed by atoms with van der Waals surface area (Å²) in [4.78, 5) is 23.2. The molecule has 2 rings (SSSR count). The van der Waals surface area contributed by atoms with Crippen molar-refractivity contribution in [3.63, 3.8) is 0 Å². The van der Waals surface area contributed by atoms with Crippen LogP contribution in [0.25, 0.3) is 0 Å². The van der Waals surface area contributed by atoms with Crippen molar-refractivity contribution >= 4 is 12.1 Å². The van der Waals surface area contributed by atoms with Gasteiger partial charge in [-0.1, -0.05) is 30.3 Å². The molecule has 0 fully saturated rings. The van der Waals surface area contributed by atoms with E-state index < -0.39 is 30.1 Å². The standard InChI is InChI=1S/C20H22FNO6/c1-27-19(25)14-7-8-16(21)15(11-14)18(24)17(23)9-10-22-20(26)28-12-13-5-3-2-4-6-13/h2-8,11,17-18,23-24H,9-10,12H2,1H3,(H,22,26). The lowest BCUT2D eigenvalue weighted by atomic mass is 9.99. The van der Waals surface area contributed by atoms with E-state index in [9.17, 15) is 24.2 Å². The molecule has 150 valence electrons. The lowest BCUT2D eigenvalue weighted by Gasteiger charge is -2.19. The summed E-state index contributed by atoms with van der Waals surface area (Å²) in [6, 6.07) is 12.5. The average molecular weight is 391 g/mol. The van der Waals surface area contributed by atoms with Crippen LogP contribution in [0.15, 0.2) is 48.5 Å². The number of halogens is 1. The van der Waals surface area contributed by atoms with Gasteiger partial charge < -0.3 is 25.0 Å². The van der Waals surface area contributed by atoms with Crippen LogP contribution >= 0.6 is 0 Å². The Labute approximate surface area is 161 Å². The predicted octanol–water partition coefficient (Wildman–Crippen LogP) is 2.32. The molecule has 1 amide bonds. The largest absolute Gasteiger partial charge is 0.465 e. The number of nitrogens with one attached hydrogen (secondary N) is 1. The maximum absolute atomic E-state index is 13.9. The molecule has 0 aliphatic carbocycles. The molecule has 0 bridgehead atoms. The molecule has 3 N–H and O–H groups in total. The number of ether oxygens (including phenoxy) is 2. The zero-order valence-corrected chi connectivity index (χ0v) is 15.3. The second kappa shape index (κ2) is 10.4. The summed E-state index contributed by atoms with van der Waals surface area (Å²) in [7, 11) is 1.18. The van der Waals surface area contributed by atoms with Gasteiger partial charge in [0.15, 0.2) is 0 Å². The van der Waals surface area contributed by atoms with Crippen LogP contribution in [-0.4, -0.2) is 42.0 Å². The first kappa shape index (κ1) is 21.3. The van der Waals surface area contributed by atoms with Gasteiger partial charge in [-0.15, -0.1) is 0 Å². The summed E-state index contributed by atoms with van der Waals surface area (Å²) in [6.45, 7) is 0.105. The molecule has 2 aromatic rings. The second-order valence-corrected chi connectivity index (χ2v) is 6.02. The minimum atomic E-state index is -1.58. The fraction of sp³-hybridized carbons (Fsp3) is 0.300. The van der Waals surface area contributed by atoms with Crippen LogP contribution < -0.4 is 5.32 Å². The first-order chi connectivity index (χ1) is 13.4. The van der Waals surface area contributed by atoms with E-state index >= 15 is 0 Å². The molecule has 7 nitrogen and oxygen atoms in total. The van der Waals surface area contributed by atoms with E-state index in [0.29, 0.717) is 0 Å². The van der Waals surface area contributed by atoms with Gasteiger partial charge in [0.1, 0.15) is 18.5 Å². The molecule has 2 aromatic carbocycles. The van der Waals surface area contributed by atoms with Gasteiger partial charge in [0.05, 0.1) is 18.8 Å². The summed E-state index contributed by atoms with van der Waals surface area (Å²) in [5.74, 6) is -1.46. The van der Waals surface area contributed by atoms with Crippen LogP contribution in [-0.2, 0) is 16.1 Å². The Hall–Kier alpha value is -2.97. The molecular weight excluding hydrogens is 369 g/mol. The van der Waals surface area contributed by atoms with Crippen LogP contribution in [0.3, 0.4) is 0 Å².